The van der Waals surface area contributed by atoms with Crippen LogP contribution in [0.25, 0.3) is 22.3 Å². The standard InChI is InChI=1S/C30H32O19/c31-8-15-20(37)23(40)25(42)29(47-15)45-12-5-13(33)19-14(6-12)46-27(10-1-3-11(32)4-2-10)28(22(19)39)49-30-26(43)24(41)21(38)16(48-30)9-44-18(36)7-17(34)35/h1-6,15-16,20-21,23-26,29-33,37-38,40-43H,7-9H2,(H,34,35)/t15-,16-,20-,21-,23+,24-,25-,26-,29-,30+/m1/s1. The molecule has 0 aliphatic carbocycles. The average Bonchev–Trinajstić information content (AvgIpc) is 3.05. The van der Waals surface area contributed by atoms with E-state index in [4.69, 9.17) is 33.2 Å². The number of phenolic OH excluding ortho intramolecular Hbond substituents is 2. The first-order chi connectivity index (χ1) is 23.2. The minimum atomic E-state index is -2.02. The molecule has 2 aromatic carbocycles. The number of phenols is 2. The second kappa shape index (κ2) is 14.5. The van der Waals surface area contributed by atoms with E-state index < -0.39 is 115 Å². The largest absolute Gasteiger partial charge is 0.508 e. The van der Waals surface area contributed by atoms with E-state index in [1.165, 1.54) is 24.3 Å². The number of carbonyl (C=O) groups is 2. The van der Waals surface area contributed by atoms with E-state index in [1.54, 1.807) is 0 Å². The maximum Gasteiger partial charge on any atom is 0.317 e. The molecular weight excluding hydrogens is 664 g/mol. The van der Waals surface area contributed by atoms with E-state index in [9.17, 15) is 60.3 Å². The smallest absolute Gasteiger partial charge is 0.317 e. The Labute approximate surface area is 273 Å². The lowest BCUT2D eigenvalue weighted by atomic mass is 9.99. The zero-order valence-electron chi connectivity index (χ0n) is 25.0. The van der Waals surface area contributed by atoms with Crippen molar-refractivity contribution in [3.05, 3.63) is 46.6 Å². The van der Waals surface area contributed by atoms with Crippen LogP contribution in [0.1, 0.15) is 6.42 Å². The maximum absolute atomic E-state index is 13.9. The Morgan fingerprint density at radius 3 is 1.98 bits per heavy atom. The van der Waals surface area contributed by atoms with E-state index in [-0.39, 0.29) is 28.4 Å². The number of esters is 1. The molecule has 2 saturated heterocycles. The van der Waals surface area contributed by atoms with E-state index in [0.29, 0.717) is 0 Å². The van der Waals surface area contributed by atoms with E-state index in [1.807, 2.05) is 0 Å². The number of benzene rings is 2. The van der Waals surface area contributed by atoms with Crippen LogP contribution in [0.2, 0.25) is 0 Å². The monoisotopic (exact) mass is 696 g/mol. The summed E-state index contributed by atoms with van der Waals surface area (Å²) in [5.74, 6) is -4.98. The van der Waals surface area contributed by atoms with Crippen LogP contribution in [0.3, 0.4) is 0 Å². The molecule has 49 heavy (non-hydrogen) atoms. The van der Waals surface area contributed by atoms with Gasteiger partial charge in [-0.15, -0.1) is 0 Å². The highest BCUT2D eigenvalue weighted by molar-refractivity contribution is 5.90. The van der Waals surface area contributed by atoms with Gasteiger partial charge in [-0.2, -0.15) is 0 Å². The van der Waals surface area contributed by atoms with Gasteiger partial charge in [0.05, 0.1) is 6.61 Å². The fraction of sp³-hybridized carbons (Fsp3) is 0.433. The number of aliphatic carboxylic acids is 1. The van der Waals surface area contributed by atoms with Gasteiger partial charge < -0.3 is 79.2 Å². The maximum atomic E-state index is 13.9. The van der Waals surface area contributed by atoms with Crippen LogP contribution in [0, 0.1) is 0 Å². The molecule has 10 N–H and O–H groups in total. The summed E-state index contributed by atoms with van der Waals surface area (Å²) in [5, 5.41) is 100. The Kier molecular flexibility index (Phi) is 10.6. The second-order valence-corrected chi connectivity index (χ2v) is 11.2. The summed E-state index contributed by atoms with van der Waals surface area (Å²) >= 11 is 0. The fourth-order valence-corrected chi connectivity index (χ4v) is 5.15. The molecule has 0 radical (unpaired) electrons. The van der Waals surface area contributed by atoms with Gasteiger partial charge in [0.25, 0.3) is 0 Å². The van der Waals surface area contributed by atoms with E-state index >= 15 is 0 Å². The van der Waals surface area contributed by atoms with Gasteiger partial charge in [-0.05, 0) is 24.3 Å². The highest BCUT2D eigenvalue weighted by atomic mass is 16.7. The molecule has 0 saturated carbocycles. The lowest BCUT2D eigenvalue weighted by Crippen LogP contribution is -2.60. The number of hydrogen-bond acceptors (Lipinski definition) is 18. The predicted molar refractivity (Wildman–Crippen MR) is 156 cm³/mol. The van der Waals surface area contributed by atoms with Crippen molar-refractivity contribution in [2.45, 2.75) is 67.8 Å². The van der Waals surface area contributed by atoms with Gasteiger partial charge in [0.1, 0.15) is 90.1 Å². The number of aromatic hydroxyl groups is 2. The molecule has 0 spiro atoms. The molecule has 0 bridgehead atoms. The number of carboxylic acids is 1. The summed E-state index contributed by atoms with van der Waals surface area (Å²) in [5.41, 5.74) is -1.32. The predicted octanol–water partition coefficient (Wildman–Crippen LogP) is -2.75. The average molecular weight is 697 g/mol. The van der Waals surface area contributed by atoms with Crippen molar-refractivity contribution in [2.24, 2.45) is 0 Å². The first-order valence-corrected chi connectivity index (χ1v) is 14.5. The Hall–Kier alpha value is -4.57. The van der Waals surface area contributed by atoms with Crippen LogP contribution in [-0.4, -0.2) is 138 Å². The quantitative estimate of drug-likeness (QED) is 0.0759. The lowest BCUT2D eigenvalue weighted by Gasteiger charge is -2.39. The summed E-state index contributed by atoms with van der Waals surface area (Å²) < 4.78 is 32.8. The van der Waals surface area contributed by atoms with Gasteiger partial charge in [-0.1, -0.05) is 0 Å². The number of fused-ring (bicyclic) bond motifs is 1. The van der Waals surface area contributed by atoms with Gasteiger partial charge in [-0.25, -0.2) is 0 Å². The van der Waals surface area contributed by atoms with Gasteiger partial charge in [-0.3, -0.25) is 14.4 Å². The van der Waals surface area contributed by atoms with Gasteiger partial charge >= 0.3 is 11.9 Å². The highest BCUT2D eigenvalue weighted by Crippen LogP contribution is 2.38. The van der Waals surface area contributed by atoms with Crippen LogP contribution in [-0.2, 0) is 23.8 Å². The molecule has 1 aromatic heterocycles. The molecule has 2 aliphatic rings. The highest BCUT2D eigenvalue weighted by Gasteiger charge is 2.47. The number of aliphatic hydroxyl groups is 7. The first-order valence-electron chi connectivity index (χ1n) is 14.5. The SMILES string of the molecule is O=C(O)CC(=O)OC[C@H]1O[C@@H](Oc2c(-c3ccc(O)cc3)oc3cc(O[C@@H]4O[C@H](CO)[C@@H](O)[C@H](O)[C@H]4O)cc(O)c3c2=O)[C@H](O)[C@H](O)[C@@H]1O. The molecule has 2 fully saturated rings. The Balaban J connectivity index is 1.51. The fourth-order valence-electron chi connectivity index (χ4n) is 5.15. The van der Waals surface area contributed by atoms with Gasteiger partial charge in [0.2, 0.25) is 23.8 Å². The van der Waals surface area contributed by atoms with Crippen molar-refractivity contribution < 1.29 is 88.8 Å². The molecular formula is C30H32O19. The number of aliphatic hydroxyl groups excluding tert-OH is 7. The number of hydrogen-bond donors (Lipinski definition) is 10. The third-order valence-electron chi connectivity index (χ3n) is 7.74. The van der Waals surface area contributed by atoms with Crippen molar-refractivity contribution >= 4 is 22.9 Å². The van der Waals surface area contributed by atoms with Crippen molar-refractivity contribution in [2.75, 3.05) is 13.2 Å². The van der Waals surface area contributed by atoms with Crippen molar-refractivity contribution in [1.82, 2.24) is 0 Å². The second-order valence-electron chi connectivity index (χ2n) is 11.2. The minimum absolute atomic E-state index is 0.0941. The van der Waals surface area contributed by atoms with Crippen molar-refractivity contribution in [1.29, 1.82) is 0 Å². The minimum Gasteiger partial charge on any atom is -0.508 e. The number of ether oxygens (including phenoxy) is 5. The number of carboxylic acid groups (broad SMARTS) is 1. The summed E-state index contributed by atoms with van der Waals surface area (Å²) in [6, 6.07) is 7.08. The normalized spacial score (nSPS) is 30.1. The summed E-state index contributed by atoms with van der Waals surface area (Å²) in [6.45, 7) is -1.53. The third kappa shape index (κ3) is 7.39. The van der Waals surface area contributed by atoms with Crippen LogP contribution < -0.4 is 14.9 Å². The van der Waals surface area contributed by atoms with Crippen LogP contribution in [0.4, 0.5) is 0 Å². The van der Waals surface area contributed by atoms with Crippen molar-refractivity contribution in [3.8, 4) is 34.3 Å². The third-order valence-corrected chi connectivity index (χ3v) is 7.74. The van der Waals surface area contributed by atoms with Crippen LogP contribution in [0.15, 0.2) is 45.6 Å². The molecule has 3 aromatic rings. The Bertz CT molecular complexity index is 1720. The zero-order valence-corrected chi connectivity index (χ0v) is 25.0. The lowest BCUT2D eigenvalue weighted by molar-refractivity contribution is -0.278. The molecule has 19 nitrogen and oxygen atoms in total. The van der Waals surface area contributed by atoms with Gasteiger partial charge in [0, 0.05) is 17.7 Å². The van der Waals surface area contributed by atoms with Crippen LogP contribution >= 0.6 is 0 Å². The summed E-state index contributed by atoms with van der Waals surface area (Å²) in [7, 11) is 0. The zero-order chi connectivity index (χ0) is 35.7. The Morgan fingerprint density at radius 2 is 1.37 bits per heavy atom. The molecule has 2 aliphatic heterocycles. The molecule has 10 atom stereocenters. The molecule has 5 rings (SSSR count). The molecule has 3 heterocycles. The number of rotatable bonds is 10. The molecule has 19 heteroatoms. The molecule has 0 amide bonds. The topological polar surface area (TPSA) is 313 Å². The number of carbonyl (C=O) groups excluding carboxylic acids is 1. The Morgan fingerprint density at radius 1 is 0.776 bits per heavy atom. The van der Waals surface area contributed by atoms with E-state index in [0.717, 1.165) is 12.1 Å². The van der Waals surface area contributed by atoms with E-state index in [2.05, 4.69) is 0 Å². The molecule has 266 valence electrons. The van der Waals surface area contributed by atoms with Crippen molar-refractivity contribution in [3.63, 3.8) is 0 Å². The summed E-state index contributed by atoms with van der Waals surface area (Å²) in [4.78, 5) is 36.4. The molecule has 0 unspecified atom stereocenters. The summed E-state index contributed by atoms with van der Waals surface area (Å²) in [6.07, 6.45) is -18.7. The first kappa shape index (κ1) is 35.7. The van der Waals surface area contributed by atoms with Gasteiger partial charge in [0.15, 0.2) is 5.76 Å². The van der Waals surface area contributed by atoms with Crippen LogP contribution in [0.5, 0.6) is 23.0 Å².